The predicted octanol–water partition coefficient (Wildman–Crippen LogP) is 12.8. The number of benzene rings is 8. The van der Waals surface area contributed by atoms with Gasteiger partial charge in [-0.05, 0) is 68.7 Å². The van der Waals surface area contributed by atoms with Crippen LogP contribution in [0.4, 0.5) is 0 Å². The lowest BCUT2D eigenvalue weighted by atomic mass is 9.96. The zero-order chi connectivity index (χ0) is 30.2. The number of hydrogen-bond acceptors (Lipinski definition) is 1. The molecule has 214 valence electrons. The van der Waals surface area contributed by atoms with E-state index in [9.17, 15) is 0 Å². The molecule has 0 unspecified atom stereocenters. The number of para-hydroxylation sites is 1. The Morgan fingerprint density at radius 3 is 1.91 bits per heavy atom. The van der Waals surface area contributed by atoms with Crippen LogP contribution < -0.4 is 0 Å². The van der Waals surface area contributed by atoms with Gasteiger partial charge in [0.1, 0.15) is 0 Å². The second kappa shape index (κ2) is 9.90. The lowest BCUT2D eigenvalue weighted by Gasteiger charge is -2.15. The molecule has 0 radical (unpaired) electrons. The summed E-state index contributed by atoms with van der Waals surface area (Å²) in [4.78, 5) is 0. The Kier molecular flexibility index (Phi) is 5.51. The van der Waals surface area contributed by atoms with Gasteiger partial charge in [-0.25, -0.2) is 0 Å². The maximum Gasteiger partial charge on any atom is 0.0640 e. The zero-order valence-corrected chi connectivity index (χ0v) is 25.8. The van der Waals surface area contributed by atoms with Crippen LogP contribution in [-0.2, 0) is 0 Å². The smallest absolute Gasteiger partial charge is 0.0640 e. The Balaban J connectivity index is 1.42. The molecule has 8 aromatic carbocycles. The molecule has 2 heteroatoms. The zero-order valence-electron chi connectivity index (χ0n) is 24.9. The second-order valence-electron chi connectivity index (χ2n) is 12.1. The van der Waals surface area contributed by atoms with Crippen LogP contribution in [0.25, 0.3) is 91.5 Å². The Bertz CT molecular complexity index is 2790. The van der Waals surface area contributed by atoms with Crippen molar-refractivity contribution in [1.29, 1.82) is 0 Å². The highest BCUT2D eigenvalue weighted by atomic mass is 32.1. The molecule has 0 aliphatic rings. The van der Waals surface area contributed by atoms with Crippen LogP contribution in [0, 0.1) is 0 Å². The van der Waals surface area contributed by atoms with Crippen molar-refractivity contribution in [3.63, 3.8) is 0 Å². The van der Waals surface area contributed by atoms with E-state index in [0.29, 0.717) is 0 Å². The summed E-state index contributed by atoms with van der Waals surface area (Å²) in [5.74, 6) is 0. The highest BCUT2D eigenvalue weighted by molar-refractivity contribution is 7.27. The minimum atomic E-state index is 1.18. The SMILES string of the molecule is c1ccc(-c2ccc3c(c2)c2sc4ccccc4c2c2c3c3ccccc3n2-c2cc(-c3ccccc3)c3ccccc3c2)cc1. The standard InChI is InChI=1S/C44H27NS/c1-3-13-28(14-4-1)30-23-24-34-38(26-30)44-42(36-20-10-12-22-40(36)46-44)43-41(34)35-19-9-11-21-39(35)45(43)32-25-31-17-7-8-18-33(31)37(27-32)29-15-5-2-6-16-29/h1-27H. The molecule has 2 aromatic heterocycles. The van der Waals surface area contributed by atoms with Crippen LogP contribution in [0.15, 0.2) is 164 Å². The Hall–Kier alpha value is -5.70. The summed E-state index contributed by atoms with van der Waals surface area (Å²) in [6.07, 6.45) is 0. The number of nitrogens with zero attached hydrogens (tertiary/aromatic N) is 1. The first-order valence-corrected chi connectivity index (χ1v) is 16.6. The fourth-order valence-electron chi connectivity index (χ4n) is 7.53. The molecule has 1 nitrogen and oxygen atoms in total. The van der Waals surface area contributed by atoms with Gasteiger partial charge < -0.3 is 4.57 Å². The molecule has 0 aliphatic carbocycles. The van der Waals surface area contributed by atoms with Gasteiger partial charge in [-0.2, -0.15) is 0 Å². The molecule has 0 spiro atoms. The topological polar surface area (TPSA) is 4.93 Å². The van der Waals surface area contributed by atoms with Gasteiger partial charge in [-0.1, -0.05) is 133 Å². The van der Waals surface area contributed by atoms with Crippen molar-refractivity contribution in [2.45, 2.75) is 0 Å². The van der Waals surface area contributed by atoms with Crippen LogP contribution in [0.3, 0.4) is 0 Å². The Morgan fingerprint density at radius 2 is 1.09 bits per heavy atom. The van der Waals surface area contributed by atoms with Crippen molar-refractivity contribution >= 4 is 74.9 Å². The number of fused-ring (bicyclic) bond motifs is 11. The fourth-order valence-corrected chi connectivity index (χ4v) is 8.76. The van der Waals surface area contributed by atoms with E-state index in [-0.39, 0.29) is 0 Å². The van der Waals surface area contributed by atoms with E-state index in [1.807, 2.05) is 11.3 Å². The van der Waals surface area contributed by atoms with Crippen LogP contribution in [-0.4, -0.2) is 4.57 Å². The predicted molar refractivity (Wildman–Crippen MR) is 200 cm³/mol. The molecular weight excluding hydrogens is 575 g/mol. The second-order valence-corrected chi connectivity index (χ2v) is 13.1. The van der Waals surface area contributed by atoms with Crippen molar-refractivity contribution in [2.75, 3.05) is 0 Å². The molecule has 0 amide bonds. The van der Waals surface area contributed by atoms with Crippen LogP contribution >= 0.6 is 11.3 Å². The van der Waals surface area contributed by atoms with Gasteiger partial charge in [0.15, 0.2) is 0 Å². The maximum absolute atomic E-state index is 2.54. The van der Waals surface area contributed by atoms with Gasteiger partial charge >= 0.3 is 0 Å². The van der Waals surface area contributed by atoms with Crippen molar-refractivity contribution in [1.82, 2.24) is 4.57 Å². The summed E-state index contributed by atoms with van der Waals surface area (Å²) in [5, 5.41) is 10.4. The molecule has 46 heavy (non-hydrogen) atoms. The summed E-state index contributed by atoms with van der Waals surface area (Å²) in [7, 11) is 0. The first kappa shape index (κ1) is 25.6. The van der Waals surface area contributed by atoms with Gasteiger partial charge in [-0.15, -0.1) is 11.3 Å². The molecule has 2 heterocycles. The normalized spacial score (nSPS) is 11.9. The number of rotatable bonds is 3. The average Bonchev–Trinajstić information content (AvgIpc) is 3.68. The highest BCUT2D eigenvalue weighted by Gasteiger charge is 2.23. The molecule has 0 N–H and O–H groups in total. The molecular formula is C44H27NS. The Labute approximate surface area is 270 Å². The fraction of sp³-hybridized carbons (Fsp3) is 0. The van der Waals surface area contributed by atoms with Gasteiger partial charge in [0.25, 0.3) is 0 Å². The van der Waals surface area contributed by atoms with E-state index in [1.165, 1.54) is 91.5 Å². The third kappa shape index (κ3) is 3.68. The highest BCUT2D eigenvalue weighted by Crippen LogP contribution is 2.49. The van der Waals surface area contributed by atoms with E-state index >= 15 is 0 Å². The summed E-state index contributed by atoms with van der Waals surface area (Å²) >= 11 is 1.91. The molecule has 0 atom stereocenters. The molecule has 0 fully saturated rings. The summed E-state index contributed by atoms with van der Waals surface area (Å²) in [6.45, 7) is 0. The van der Waals surface area contributed by atoms with Crippen LogP contribution in [0.2, 0.25) is 0 Å². The van der Waals surface area contributed by atoms with E-state index in [1.54, 1.807) is 0 Å². The van der Waals surface area contributed by atoms with Crippen LogP contribution in [0.1, 0.15) is 0 Å². The Morgan fingerprint density at radius 1 is 0.413 bits per heavy atom. The van der Waals surface area contributed by atoms with Crippen molar-refractivity contribution in [3.8, 4) is 27.9 Å². The minimum absolute atomic E-state index is 1.18. The van der Waals surface area contributed by atoms with Crippen molar-refractivity contribution in [3.05, 3.63) is 164 Å². The molecule has 0 saturated carbocycles. The summed E-state index contributed by atoms with van der Waals surface area (Å²) < 4.78 is 5.20. The monoisotopic (exact) mass is 601 g/mol. The molecule has 0 aliphatic heterocycles. The van der Waals surface area contributed by atoms with E-state index < -0.39 is 0 Å². The lowest BCUT2D eigenvalue weighted by Crippen LogP contribution is -1.96. The molecule has 10 rings (SSSR count). The number of hydrogen-bond donors (Lipinski definition) is 0. The van der Waals surface area contributed by atoms with Crippen molar-refractivity contribution in [2.24, 2.45) is 0 Å². The third-order valence-electron chi connectivity index (χ3n) is 9.54. The average molecular weight is 602 g/mol. The molecule has 0 bridgehead atoms. The first-order chi connectivity index (χ1) is 22.8. The molecule has 10 aromatic rings. The van der Waals surface area contributed by atoms with Gasteiger partial charge in [-0.3, -0.25) is 0 Å². The van der Waals surface area contributed by atoms with Gasteiger partial charge in [0.2, 0.25) is 0 Å². The molecule has 0 saturated heterocycles. The summed E-state index contributed by atoms with van der Waals surface area (Å²) in [6, 6.07) is 60.0. The summed E-state index contributed by atoms with van der Waals surface area (Å²) in [5.41, 5.74) is 8.65. The maximum atomic E-state index is 2.54. The van der Waals surface area contributed by atoms with Gasteiger partial charge in [0, 0.05) is 42.0 Å². The van der Waals surface area contributed by atoms with E-state index in [2.05, 4.69) is 168 Å². The van der Waals surface area contributed by atoms with Crippen molar-refractivity contribution < 1.29 is 0 Å². The van der Waals surface area contributed by atoms with E-state index in [4.69, 9.17) is 0 Å². The van der Waals surface area contributed by atoms with Crippen LogP contribution in [0.5, 0.6) is 0 Å². The number of thiophene rings is 1. The van der Waals surface area contributed by atoms with E-state index in [0.717, 1.165) is 0 Å². The minimum Gasteiger partial charge on any atom is -0.308 e. The third-order valence-corrected chi connectivity index (χ3v) is 10.7. The lowest BCUT2D eigenvalue weighted by molar-refractivity contribution is 1.19. The quantitative estimate of drug-likeness (QED) is 0.190. The van der Waals surface area contributed by atoms with Gasteiger partial charge in [0.05, 0.1) is 11.0 Å². The number of aromatic nitrogens is 1. The largest absolute Gasteiger partial charge is 0.308 e. The first-order valence-electron chi connectivity index (χ1n) is 15.8.